The number of nitrogens with two attached hydrogens (primary N) is 1. The molecule has 1 saturated heterocycles. The third kappa shape index (κ3) is 2.45. The van der Waals surface area contributed by atoms with E-state index in [1.807, 2.05) is 0 Å². The lowest BCUT2D eigenvalue weighted by molar-refractivity contribution is 0.361. The molecule has 5 heteroatoms. The molecule has 2 N–H and O–H groups in total. The molecule has 1 aromatic rings. The van der Waals surface area contributed by atoms with E-state index in [2.05, 4.69) is 23.7 Å². The topological polar surface area (TPSA) is 42.2 Å². The van der Waals surface area contributed by atoms with E-state index in [4.69, 9.17) is 28.9 Å². The Hall–Kier alpha value is -0.670. The zero-order chi connectivity index (χ0) is 12.6. The van der Waals surface area contributed by atoms with Crippen molar-refractivity contribution in [3.05, 3.63) is 16.1 Å². The molecule has 0 radical (unpaired) electrons. The van der Waals surface area contributed by atoms with Crippen LogP contribution in [0.4, 0.5) is 11.6 Å². The predicted molar refractivity (Wildman–Crippen MR) is 73.9 cm³/mol. The summed E-state index contributed by atoms with van der Waals surface area (Å²) in [6.07, 6.45) is 2.41. The van der Waals surface area contributed by atoms with E-state index in [1.165, 1.54) is 6.42 Å². The Morgan fingerprint density at radius 2 is 2.06 bits per heavy atom. The van der Waals surface area contributed by atoms with Crippen LogP contribution in [0.1, 0.15) is 26.7 Å². The third-order valence-corrected chi connectivity index (χ3v) is 4.16. The molecular weight excluding hydrogens is 257 g/mol. The molecule has 1 aliphatic rings. The maximum atomic E-state index is 6.20. The second-order valence-corrected chi connectivity index (χ2v) is 5.53. The smallest absolute Gasteiger partial charge is 0.150 e. The van der Waals surface area contributed by atoms with Crippen LogP contribution in [0.2, 0.25) is 10.0 Å². The van der Waals surface area contributed by atoms with Gasteiger partial charge in [0.15, 0.2) is 0 Å². The fourth-order valence-electron chi connectivity index (χ4n) is 2.31. The first-order valence-electron chi connectivity index (χ1n) is 5.89. The molecule has 2 rings (SSSR count). The molecule has 0 spiro atoms. The van der Waals surface area contributed by atoms with Crippen molar-refractivity contribution in [1.29, 1.82) is 0 Å². The minimum Gasteiger partial charge on any atom is -0.382 e. The van der Waals surface area contributed by atoms with Gasteiger partial charge in [-0.3, -0.25) is 0 Å². The van der Waals surface area contributed by atoms with Gasteiger partial charge in [0.05, 0.1) is 10.0 Å². The normalized spacial score (nSPS) is 25.1. The Morgan fingerprint density at radius 1 is 1.35 bits per heavy atom. The van der Waals surface area contributed by atoms with Gasteiger partial charge in [0, 0.05) is 12.6 Å². The van der Waals surface area contributed by atoms with Crippen LogP contribution in [0.3, 0.4) is 0 Å². The predicted octanol–water partition coefficient (Wildman–Crippen LogP) is 3.60. The molecule has 2 unspecified atom stereocenters. The molecule has 1 fully saturated rings. The Balaban J connectivity index is 2.36. The zero-order valence-corrected chi connectivity index (χ0v) is 11.6. The monoisotopic (exact) mass is 273 g/mol. The fraction of sp³-hybridized carbons (Fsp3) is 0.583. The molecule has 0 aliphatic carbocycles. The molecule has 0 aromatic carbocycles. The molecular formula is C12H17Cl2N3. The number of pyridine rings is 1. The molecule has 0 amide bonds. The van der Waals surface area contributed by atoms with E-state index in [0.29, 0.717) is 27.8 Å². The van der Waals surface area contributed by atoms with E-state index >= 15 is 0 Å². The number of aromatic nitrogens is 1. The number of hydrogen-bond donors (Lipinski definition) is 1. The van der Waals surface area contributed by atoms with Crippen molar-refractivity contribution in [2.75, 3.05) is 17.2 Å². The van der Waals surface area contributed by atoms with E-state index in [9.17, 15) is 0 Å². The fourth-order valence-corrected chi connectivity index (χ4v) is 2.77. The zero-order valence-electron chi connectivity index (χ0n) is 10.1. The minimum absolute atomic E-state index is 0.344. The molecule has 0 bridgehead atoms. The van der Waals surface area contributed by atoms with Crippen molar-refractivity contribution in [1.82, 2.24) is 4.98 Å². The first-order valence-corrected chi connectivity index (χ1v) is 6.64. The van der Waals surface area contributed by atoms with Gasteiger partial charge in [-0.15, -0.1) is 0 Å². The largest absolute Gasteiger partial charge is 0.382 e. The number of rotatable bonds is 1. The van der Waals surface area contributed by atoms with Gasteiger partial charge in [0.25, 0.3) is 0 Å². The summed E-state index contributed by atoms with van der Waals surface area (Å²) in [6.45, 7) is 5.43. The van der Waals surface area contributed by atoms with E-state index in [0.717, 1.165) is 18.8 Å². The van der Waals surface area contributed by atoms with Crippen LogP contribution < -0.4 is 10.6 Å². The van der Waals surface area contributed by atoms with Crippen LogP contribution in [0.5, 0.6) is 0 Å². The Labute approximate surface area is 112 Å². The van der Waals surface area contributed by atoms with Crippen molar-refractivity contribution in [3.63, 3.8) is 0 Å². The molecule has 3 nitrogen and oxygen atoms in total. The van der Waals surface area contributed by atoms with Gasteiger partial charge < -0.3 is 10.6 Å². The van der Waals surface area contributed by atoms with Gasteiger partial charge in [-0.2, -0.15) is 0 Å². The van der Waals surface area contributed by atoms with Gasteiger partial charge in [-0.25, -0.2) is 4.98 Å². The molecule has 2 heterocycles. The van der Waals surface area contributed by atoms with Crippen LogP contribution in [0, 0.1) is 5.92 Å². The lowest BCUT2D eigenvalue weighted by atomic mass is 9.92. The van der Waals surface area contributed by atoms with Gasteiger partial charge in [0.1, 0.15) is 11.6 Å². The van der Waals surface area contributed by atoms with Crippen molar-refractivity contribution >= 4 is 34.8 Å². The Morgan fingerprint density at radius 3 is 2.76 bits per heavy atom. The molecule has 1 aliphatic heterocycles. The van der Waals surface area contributed by atoms with Crippen molar-refractivity contribution in [3.8, 4) is 0 Å². The Bertz CT molecular complexity index is 422. The van der Waals surface area contributed by atoms with Gasteiger partial charge in [-0.1, -0.05) is 30.1 Å². The quantitative estimate of drug-likeness (QED) is 0.850. The highest BCUT2D eigenvalue weighted by molar-refractivity contribution is 6.37. The molecule has 1 aromatic heterocycles. The summed E-state index contributed by atoms with van der Waals surface area (Å²) in [5, 5.41) is 0.988. The highest BCUT2D eigenvalue weighted by atomic mass is 35.5. The first kappa shape index (κ1) is 12.8. The average molecular weight is 274 g/mol. The van der Waals surface area contributed by atoms with Crippen molar-refractivity contribution < 1.29 is 0 Å². The van der Waals surface area contributed by atoms with E-state index in [1.54, 1.807) is 6.07 Å². The highest BCUT2D eigenvalue weighted by Gasteiger charge is 2.27. The Kier molecular flexibility index (Phi) is 3.69. The summed E-state index contributed by atoms with van der Waals surface area (Å²) >= 11 is 12.1. The molecule has 94 valence electrons. The van der Waals surface area contributed by atoms with Crippen LogP contribution in [0.25, 0.3) is 0 Å². The van der Waals surface area contributed by atoms with Crippen LogP contribution in [0.15, 0.2) is 6.07 Å². The molecule has 0 saturated carbocycles. The number of hydrogen-bond acceptors (Lipinski definition) is 3. The number of nitrogen functional groups attached to an aromatic ring is 1. The summed E-state index contributed by atoms with van der Waals surface area (Å²) < 4.78 is 0. The third-order valence-electron chi connectivity index (χ3n) is 3.58. The van der Waals surface area contributed by atoms with E-state index in [-0.39, 0.29) is 0 Å². The molecule has 17 heavy (non-hydrogen) atoms. The van der Waals surface area contributed by atoms with Gasteiger partial charge >= 0.3 is 0 Å². The van der Waals surface area contributed by atoms with Crippen LogP contribution in [-0.4, -0.2) is 17.6 Å². The number of halogens is 2. The summed E-state index contributed by atoms with van der Waals surface area (Å²) in [4.78, 5) is 6.55. The minimum atomic E-state index is 0.344. The molecule has 2 atom stereocenters. The standard InChI is InChI=1S/C12H17Cl2N3/c1-7-4-3-5-17(8(7)2)12-10(14)6-9(13)11(15)16-12/h6-8H,3-5H2,1-2H3,(H2,15,16). The number of nitrogens with zero attached hydrogens (tertiary/aromatic N) is 2. The lowest BCUT2D eigenvalue weighted by Gasteiger charge is -2.39. The second-order valence-electron chi connectivity index (χ2n) is 4.71. The maximum absolute atomic E-state index is 6.20. The van der Waals surface area contributed by atoms with Gasteiger partial charge in [0.2, 0.25) is 0 Å². The summed E-state index contributed by atoms with van der Waals surface area (Å²) in [5.41, 5.74) is 5.75. The van der Waals surface area contributed by atoms with Crippen molar-refractivity contribution in [2.45, 2.75) is 32.7 Å². The van der Waals surface area contributed by atoms with Crippen LogP contribution >= 0.6 is 23.2 Å². The first-order chi connectivity index (χ1) is 8.00. The van der Waals surface area contributed by atoms with E-state index < -0.39 is 0 Å². The summed E-state index contributed by atoms with van der Waals surface area (Å²) in [7, 11) is 0. The summed E-state index contributed by atoms with van der Waals surface area (Å²) in [5.74, 6) is 1.74. The number of anilines is 2. The SMILES string of the molecule is CC1CCCN(c2nc(N)c(Cl)cc2Cl)C1C. The average Bonchev–Trinajstić information content (AvgIpc) is 2.28. The van der Waals surface area contributed by atoms with Crippen molar-refractivity contribution in [2.24, 2.45) is 5.92 Å². The second kappa shape index (κ2) is 4.91. The summed E-state index contributed by atoms with van der Waals surface area (Å²) in [6, 6.07) is 2.10. The highest BCUT2D eigenvalue weighted by Crippen LogP contribution is 2.34. The number of piperidine rings is 1. The van der Waals surface area contributed by atoms with Crippen LogP contribution in [-0.2, 0) is 0 Å². The van der Waals surface area contributed by atoms with Gasteiger partial charge in [-0.05, 0) is 31.7 Å². The maximum Gasteiger partial charge on any atom is 0.150 e. The lowest BCUT2D eigenvalue weighted by Crippen LogP contribution is -2.43.